The Labute approximate surface area is 81.4 Å². The van der Waals surface area contributed by atoms with E-state index in [1.165, 1.54) is 12.0 Å². The zero-order valence-electron chi connectivity index (χ0n) is 7.93. The van der Waals surface area contributed by atoms with Crippen LogP contribution in [0, 0.1) is 0 Å². The van der Waals surface area contributed by atoms with Crippen molar-refractivity contribution in [3.05, 3.63) is 0 Å². The summed E-state index contributed by atoms with van der Waals surface area (Å²) in [6.07, 6.45) is -0.734. The normalized spacial score (nSPS) is 18.9. The zero-order valence-corrected chi connectivity index (χ0v) is 7.93. The minimum Gasteiger partial charge on any atom is -0.479 e. The van der Waals surface area contributed by atoms with E-state index in [0.29, 0.717) is 13.2 Å². The van der Waals surface area contributed by atoms with Crippen molar-refractivity contribution in [2.24, 2.45) is 0 Å². The van der Waals surface area contributed by atoms with E-state index >= 15 is 0 Å². The van der Waals surface area contributed by atoms with Gasteiger partial charge in [0.25, 0.3) is 0 Å². The van der Waals surface area contributed by atoms with Gasteiger partial charge < -0.3 is 19.5 Å². The molecule has 0 aromatic rings. The number of hydrogen-bond acceptors (Lipinski definition) is 4. The predicted octanol–water partition coefficient (Wildman–Crippen LogP) is -0.0717. The van der Waals surface area contributed by atoms with Crippen LogP contribution in [0.2, 0.25) is 0 Å². The van der Waals surface area contributed by atoms with E-state index in [1.54, 1.807) is 0 Å². The van der Waals surface area contributed by atoms with Crippen molar-refractivity contribution in [3.8, 4) is 0 Å². The topological polar surface area (TPSA) is 76.1 Å². The molecule has 80 valence electrons. The van der Waals surface area contributed by atoms with Gasteiger partial charge in [0, 0.05) is 13.7 Å². The smallest absolute Gasteiger partial charge is 0.409 e. The lowest BCUT2D eigenvalue weighted by Gasteiger charge is -2.27. The molecule has 1 unspecified atom stereocenters. The maximum atomic E-state index is 11.1. The van der Waals surface area contributed by atoms with E-state index in [1.807, 2.05) is 0 Å². The number of carboxylic acid groups (broad SMARTS) is 1. The van der Waals surface area contributed by atoms with E-state index in [-0.39, 0.29) is 6.54 Å². The molecule has 1 heterocycles. The van der Waals surface area contributed by atoms with Crippen molar-refractivity contribution in [1.82, 2.24) is 4.90 Å². The molecule has 6 nitrogen and oxygen atoms in total. The SMILES string of the molecule is COC(CN1CCCOC1=O)C(=O)O. The third kappa shape index (κ3) is 2.59. The summed E-state index contributed by atoms with van der Waals surface area (Å²) in [6.45, 7) is 0.955. The van der Waals surface area contributed by atoms with Crippen molar-refractivity contribution in [2.75, 3.05) is 26.8 Å². The van der Waals surface area contributed by atoms with Crippen LogP contribution in [-0.2, 0) is 14.3 Å². The first-order chi connectivity index (χ1) is 6.65. The summed E-state index contributed by atoms with van der Waals surface area (Å²) in [5.74, 6) is -1.08. The molecule has 1 amide bonds. The highest BCUT2D eigenvalue weighted by molar-refractivity contribution is 5.74. The average molecular weight is 203 g/mol. The Morgan fingerprint density at radius 2 is 2.50 bits per heavy atom. The fourth-order valence-electron chi connectivity index (χ4n) is 1.22. The number of ether oxygens (including phenoxy) is 2. The first-order valence-corrected chi connectivity index (χ1v) is 4.32. The Morgan fingerprint density at radius 1 is 1.79 bits per heavy atom. The second kappa shape index (κ2) is 4.80. The highest BCUT2D eigenvalue weighted by Gasteiger charge is 2.26. The van der Waals surface area contributed by atoms with E-state index < -0.39 is 18.2 Å². The molecule has 1 atom stereocenters. The molecule has 0 radical (unpaired) electrons. The number of rotatable bonds is 4. The number of hydrogen-bond donors (Lipinski definition) is 1. The predicted molar refractivity (Wildman–Crippen MR) is 46.0 cm³/mol. The zero-order chi connectivity index (χ0) is 10.6. The molecule has 0 spiro atoms. The van der Waals surface area contributed by atoms with Crippen LogP contribution >= 0.6 is 0 Å². The molecule has 0 aromatic heterocycles. The fraction of sp³-hybridized carbons (Fsp3) is 0.750. The number of aliphatic carboxylic acids is 1. The molecule has 1 saturated heterocycles. The maximum Gasteiger partial charge on any atom is 0.409 e. The summed E-state index contributed by atoms with van der Waals surface area (Å²) in [5.41, 5.74) is 0. The minimum atomic E-state index is -1.08. The Balaban J connectivity index is 2.48. The van der Waals surface area contributed by atoms with Crippen LogP contribution in [-0.4, -0.2) is 55.0 Å². The van der Waals surface area contributed by atoms with Crippen molar-refractivity contribution in [2.45, 2.75) is 12.5 Å². The lowest BCUT2D eigenvalue weighted by atomic mass is 10.3. The maximum absolute atomic E-state index is 11.1. The second-order valence-electron chi connectivity index (χ2n) is 2.98. The minimum absolute atomic E-state index is 0.0324. The molecule has 14 heavy (non-hydrogen) atoms. The van der Waals surface area contributed by atoms with Crippen LogP contribution in [0.25, 0.3) is 0 Å². The molecular weight excluding hydrogens is 190 g/mol. The quantitative estimate of drug-likeness (QED) is 0.692. The average Bonchev–Trinajstić information content (AvgIpc) is 2.16. The van der Waals surface area contributed by atoms with Gasteiger partial charge in [0.1, 0.15) is 0 Å². The highest BCUT2D eigenvalue weighted by atomic mass is 16.6. The number of amides is 1. The van der Waals surface area contributed by atoms with Gasteiger partial charge in [0.15, 0.2) is 6.10 Å². The van der Waals surface area contributed by atoms with Gasteiger partial charge in [-0.05, 0) is 6.42 Å². The lowest BCUT2D eigenvalue weighted by Crippen LogP contribution is -2.45. The van der Waals surface area contributed by atoms with Gasteiger partial charge >= 0.3 is 12.1 Å². The van der Waals surface area contributed by atoms with Crippen LogP contribution < -0.4 is 0 Å². The summed E-state index contributed by atoms with van der Waals surface area (Å²) in [6, 6.07) is 0. The third-order valence-electron chi connectivity index (χ3n) is 2.00. The Kier molecular flexibility index (Phi) is 3.70. The van der Waals surface area contributed by atoms with Crippen LogP contribution in [0.3, 0.4) is 0 Å². The first kappa shape index (κ1) is 10.8. The molecule has 0 aliphatic carbocycles. The number of methoxy groups -OCH3 is 1. The van der Waals surface area contributed by atoms with Gasteiger partial charge in [0.2, 0.25) is 0 Å². The van der Waals surface area contributed by atoms with Crippen LogP contribution in [0.1, 0.15) is 6.42 Å². The number of cyclic esters (lactones) is 1. The lowest BCUT2D eigenvalue weighted by molar-refractivity contribution is -0.149. The first-order valence-electron chi connectivity index (χ1n) is 4.32. The highest BCUT2D eigenvalue weighted by Crippen LogP contribution is 2.06. The van der Waals surface area contributed by atoms with Gasteiger partial charge in [-0.1, -0.05) is 0 Å². The molecule has 0 aromatic carbocycles. The summed E-state index contributed by atoms with van der Waals surface area (Å²) in [5, 5.41) is 8.69. The van der Waals surface area contributed by atoms with Crippen LogP contribution in [0.5, 0.6) is 0 Å². The standard InChI is InChI=1S/C8H13NO5/c1-13-6(7(10)11)5-9-3-2-4-14-8(9)12/h6H,2-5H2,1H3,(H,10,11). The summed E-state index contributed by atoms with van der Waals surface area (Å²) >= 11 is 0. The number of nitrogens with zero attached hydrogens (tertiary/aromatic N) is 1. The summed E-state index contributed by atoms with van der Waals surface area (Å²) < 4.78 is 9.47. The molecule has 0 bridgehead atoms. The Hall–Kier alpha value is -1.30. The van der Waals surface area contributed by atoms with Gasteiger partial charge in [-0.2, -0.15) is 0 Å². The van der Waals surface area contributed by atoms with Gasteiger partial charge in [-0.3, -0.25) is 0 Å². The molecular formula is C8H13NO5. The largest absolute Gasteiger partial charge is 0.479 e. The van der Waals surface area contributed by atoms with Crippen molar-refractivity contribution >= 4 is 12.1 Å². The van der Waals surface area contributed by atoms with E-state index in [2.05, 4.69) is 0 Å². The van der Waals surface area contributed by atoms with Gasteiger partial charge in [-0.25, -0.2) is 9.59 Å². The number of carbonyl (C=O) groups excluding carboxylic acids is 1. The molecule has 1 fully saturated rings. The van der Waals surface area contributed by atoms with Crippen molar-refractivity contribution in [3.63, 3.8) is 0 Å². The Bertz CT molecular complexity index is 230. The van der Waals surface area contributed by atoms with E-state index in [9.17, 15) is 9.59 Å². The number of carbonyl (C=O) groups is 2. The van der Waals surface area contributed by atoms with Gasteiger partial charge in [-0.15, -0.1) is 0 Å². The Morgan fingerprint density at radius 3 is 3.00 bits per heavy atom. The van der Waals surface area contributed by atoms with Crippen LogP contribution in [0.4, 0.5) is 4.79 Å². The fourth-order valence-corrected chi connectivity index (χ4v) is 1.22. The molecule has 1 N–H and O–H groups in total. The molecule has 1 aliphatic rings. The van der Waals surface area contributed by atoms with E-state index in [0.717, 1.165) is 6.42 Å². The van der Waals surface area contributed by atoms with E-state index in [4.69, 9.17) is 14.6 Å². The molecule has 6 heteroatoms. The van der Waals surface area contributed by atoms with Crippen molar-refractivity contribution < 1.29 is 24.2 Å². The molecule has 1 rings (SSSR count). The molecule has 0 saturated carbocycles. The number of carboxylic acids is 1. The molecule has 1 aliphatic heterocycles. The monoisotopic (exact) mass is 203 g/mol. The van der Waals surface area contributed by atoms with Gasteiger partial charge in [0.05, 0.1) is 13.2 Å². The van der Waals surface area contributed by atoms with Crippen LogP contribution in [0.15, 0.2) is 0 Å². The summed E-state index contributed by atoms with van der Waals surface area (Å²) in [7, 11) is 1.30. The second-order valence-corrected chi connectivity index (χ2v) is 2.98. The summed E-state index contributed by atoms with van der Waals surface area (Å²) in [4.78, 5) is 23.1. The third-order valence-corrected chi connectivity index (χ3v) is 2.00. The van der Waals surface area contributed by atoms with Crippen molar-refractivity contribution in [1.29, 1.82) is 0 Å².